The molecule has 0 spiro atoms. The van der Waals surface area contributed by atoms with Gasteiger partial charge in [-0.15, -0.1) is 0 Å². The molecule has 1 heterocycles. The van der Waals surface area contributed by atoms with Crippen molar-refractivity contribution in [3.05, 3.63) is 69.5 Å². The molecule has 7 heteroatoms. The number of nitrogens with one attached hydrogen (secondary N) is 1. The second-order valence-electron chi connectivity index (χ2n) is 5.27. The first-order chi connectivity index (χ1) is 12.1. The van der Waals surface area contributed by atoms with Crippen molar-refractivity contribution < 1.29 is 14.1 Å². The Morgan fingerprint density at radius 2 is 2.12 bits per heavy atom. The second kappa shape index (κ2) is 9.17. The Morgan fingerprint density at radius 1 is 1.32 bits per heavy atom. The Bertz CT molecular complexity index is 793. The van der Waals surface area contributed by atoms with Gasteiger partial charge in [0.25, 0.3) is 5.91 Å². The van der Waals surface area contributed by atoms with Gasteiger partial charge >= 0.3 is 5.88 Å². The molecule has 1 aromatic carbocycles. The lowest BCUT2D eigenvalue weighted by Crippen LogP contribution is -2.19. The van der Waals surface area contributed by atoms with Crippen molar-refractivity contribution in [2.45, 2.75) is 26.2 Å². The minimum absolute atomic E-state index is 0.273. The molecule has 1 amide bonds. The molecule has 2 aromatic rings. The number of unbranched alkanes of at least 4 members (excludes halogenated alkanes) is 1. The van der Waals surface area contributed by atoms with Crippen molar-refractivity contribution in [1.29, 1.82) is 0 Å². The first-order valence-corrected chi connectivity index (χ1v) is 7.94. The second-order valence-corrected chi connectivity index (χ2v) is 5.27. The molecule has 0 bridgehead atoms. The highest BCUT2D eigenvalue weighted by molar-refractivity contribution is 5.96. The molecule has 25 heavy (non-hydrogen) atoms. The Hall–Kier alpha value is -3.22. The molecule has 1 N–H and O–H groups in total. The van der Waals surface area contributed by atoms with Crippen LogP contribution in [-0.2, 0) is 6.42 Å². The van der Waals surface area contributed by atoms with E-state index < -0.39 is 4.92 Å². The van der Waals surface area contributed by atoms with Gasteiger partial charge in [-0.2, -0.15) is 5.10 Å². The standard InChI is InChI=1S/C18H19N3O4/c1-2-3-7-14-8-4-5-10-16(14)18(22)20-19-13-6-9-15-11-12-17(25-15)21(23)24/h4-6,8-13H,2-3,7H2,1H3,(H,20,22)/b9-6+,19-13+. The number of hydrazone groups is 1. The maximum atomic E-state index is 12.2. The van der Waals surface area contributed by atoms with Gasteiger partial charge < -0.3 is 4.42 Å². The molecule has 0 radical (unpaired) electrons. The predicted molar refractivity (Wildman–Crippen MR) is 95.4 cm³/mol. The summed E-state index contributed by atoms with van der Waals surface area (Å²) in [7, 11) is 0. The number of nitro groups is 1. The highest BCUT2D eigenvalue weighted by atomic mass is 16.6. The van der Waals surface area contributed by atoms with Crippen molar-refractivity contribution in [1.82, 2.24) is 5.43 Å². The van der Waals surface area contributed by atoms with Crippen molar-refractivity contribution >= 4 is 24.1 Å². The molecule has 7 nitrogen and oxygen atoms in total. The van der Waals surface area contributed by atoms with Crippen LogP contribution in [0.15, 0.2) is 52.0 Å². The number of carbonyl (C=O) groups excluding carboxylic acids is 1. The summed E-state index contributed by atoms with van der Waals surface area (Å²) in [6.45, 7) is 2.10. The smallest absolute Gasteiger partial charge is 0.401 e. The Balaban J connectivity index is 1.92. The highest BCUT2D eigenvalue weighted by Crippen LogP contribution is 2.16. The number of furan rings is 1. The molecule has 0 saturated carbocycles. The molecule has 2 rings (SSSR count). The van der Waals surface area contributed by atoms with Gasteiger partial charge in [0.1, 0.15) is 10.7 Å². The van der Waals surface area contributed by atoms with Crippen LogP contribution in [0.1, 0.15) is 41.4 Å². The molecular formula is C18H19N3O4. The van der Waals surface area contributed by atoms with E-state index >= 15 is 0 Å². The fourth-order valence-corrected chi connectivity index (χ4v) is 2.19. The molecule has 0 saturated heterocycles. The van der Waals surface area contributed by atoms with Crippen molar-refractivity contribution in [2.24, 2.45) is 5.10 Å². The average molecular weight is 341 g/mol. The molecule has 0 aliphatic heterocycles. The van der Waals surface area contributed by atoms with Gasteiger partial charge in [0.2, 0.25) is 0 Å². The van der Waals surface area contributed by atoms with E-state index in [4.69, 9.17) is 4.42 Å². The number of amides is 1. The van der Waals surface area contributed by atoms with Gasteiger partial charge in [-0.25, -0.2) is 5.43 Å². The lowest BCUT2D eigenvalue weighted by molar-refractivity contribution is -0.402. The summed E-state index contributed by atoms with van der Waals surface area (Å²) in [6.07, 6.45) is 7.33. The first-order valence-electron chi connectivity index (χ1n) is 7.94. The lowest BCUT2D eigenvalue weighted by atomic mass is 10.0. The normalized spacial score (nSPS) is 11.2. The predicted octanol–water partition coefficient (Wildman–Crippen LogP) is 3.96. The number of allylic oxidation sites excluding steroid dienone is 1. The van der Waals surface area contributed by atoms with Crippen LogP contribution in [-0.4, -0.2) is 17.0 Å². The van der Waals surface area contributed by atoms with E-state index in [1.807, 2.05) is 18.2 Å². The first kappa shape index (κ1) is 18.1. The Labute approximate surface area is 145 Å². The molecule has 1 aromatic heterocycles. The number of rotatable bonds is 8. The lowest BCUT2D eigenvalue weighted by Gasteiger charge is -2.07. The Morgan fingerprint density at radius 3 is 2.84 bits per heavy atom. The van der Waals surface area contributed by atoms with E-state index in [0.29, 0.717) is 11.3 Å². The minimum Gasteiger partial charge on any atom is -0.401 e. The summed E-state index contributed by atoms with van der Waals surface area (Å²) < 4.78 is 4.96. The minimum atomic E-state index is -0.609. The third kappa shape index (κ3) is 5.42. The zero-order valence-corrected chi connectivity index (χ0v) is 13.8. The summed E-state index contributed by atoms with van der Waals surface area (Å²) >= 11 is 0. The molecule has 0 aliphatic rings. The molecule has 0 fully saturated rings. The number of carbonyl (C=O) groups is 1. The van der Waals surface area contributed by atoms with E-state index in [1.54, 1.807) is 6.07 Å². The topological polar surface area (TPSA) is 97.7 Å². The Kier molecular flexibility index (Phi) is 6.65. The molecule has 0 aliphatic carbocycles. The SMILES string of the molecule is CCCCc1ccccc1C(=O)N/N=C/C=C/c1ccc([N+](=O)[O-])o1. The molecular weight excluding hydrogens is 322 g/mol. The fourth-order valence-electron chi connectivity index (χ4n) is 2.19. The van der Waals surface area contributed by atoms with E-state index in [0.717, 1.165) is 24.8 Å². The number of benzene rings is 1. The largest absolute Gasteiger partial charge is 0.433 e. The zero-order valence-electron chi connectivity index (χ0n) is 13.8. The third-order valence-electron chi connectivity index (χ3n) is 3.44. The number of nitrogens with zero attached hydrogens (tertiary/aromatic N) is 2. The van der Waals surface area contributed by atoms with E-state index in [1.165, 1.54) is 30.5 Å². The van der Waals surface area contributed by atoms with Gasteiger partial charge in [0.05, 0.1) is 6.07 Å². The van der Waals surface area contributed by atoms with Crippen molar-refractivity contribution in [3.63, 3.8) is 0 Å². The maximum Gasteiger partial charge on any atom is 0.433 e. The number of aryl methyl sites for hydroxylation is 1. The maximum absolute atomic E-state index is 12.2. The van der Waals surface area contributed by atoms with E-state index in [9.17, 15) is 14.9 Å². The highest BCUT2D eigenvalue weighted by Gasteiger charge is 2.10. The van der Waals surface area contributed by atoms with Crippen LogP contribution in [0.5, 0.6) is 0 Å². The van der Waals surface area contributed by atoms with Crippen LogP contribution in [0, 0.1) is 10.1 Å². The van der Waals surface area contributed by atoms with Gasteiger partial charge in [-0.1, -0.05) is 31.5 Å². The quantitative estimate of drug-likeness (QED) is 0.446. The van der Waals surface area contributed by atoms with E-state index in [-0.39, 0.29) is 11.8 Å². The van der Waals surface area contributed by atoms with Gasteiger partial charge in [0, 0.05) is 11.8 Å². The van der Waals surface area contributed by atoms with Crippen LogP contribution in [0.25, 0.3) is 6.08 Å². The summed E-state index contributed by atoms with van der Waals surface area (Å²) in [5, 5.41) is 14.3. The van der Waals surface area contributed by atoms with Gasteiger partial charge in [-0.05, 0) is 42.7 Å². The van der Waals surface area contributed by atoms with Gasteiger partial charge in [0.15, 0.2) is 0 Å². The van der Waals surface area contributed by atoms with Crippen LogP contribution in [0.4, 0.5) is 5.88 Å². The summed E-state index contributed by atoms with van der Waals surface area (Å²) in [5.74, 6) is -0.270. The van der Waals surface area contributed by atoms with E-state index in [2.05, 4.69) is 17.5 Å². The molecule has 130 valence electrons. The third-order valence-corrected chi connectivity index (χ3v) is 3.44. The molecule has 0 atom stereocenters. The monoisotopic (exact) mass is 341 g/mol. The van der Waals surface area contributed by atoms with Crippen LogP contribution in [0.2, 0.25) is 0 Å². The molecule has 0 unspecified atom stereocenters. The average Bonchev–Trinajstić information content (AvgIpc) is 3.09. The van der Waals surface area contributed by atoms with Crippen molar-refractivity contribution in [3.8, 4) is 0 Å². The van der Waals surface area contributed by atoms with Gasteiger partial charge in [-0.3, -0.25) is 14.9 Å². The zero-order chi connectivity index (χ0) is 18.1. The van der Waals surface area contributed by atoms with Crippen molar-refractivity contribution in [2.75, 3.05) is 0 Å². The summed E-state index contributed by atoms with van der Waals surface area (Å²) in [6, 6.07) is 10.2. The fraction of sp³-hybridized carbons (Fsp3) is 0.222. The van der Waals surface area contributed by atoms with Crippen LogP contribution in [0.3, 0.4) is 0 Å². The number of hydrogen-bond donors (Lipinski definition) is 1. The summed E-state index contributed by atoms with van der Waals surface area (Å²) in [5.41, 5.74) is 4.07. The van der Waals surface area contributed by atoms with Crippen LogP contribution >= 0.6 is 0 Å². The number of hydrogen-bond acceptors (Lipinski definition) is 5. The summed E-state index contributed by atoms with van der Waals surface area (Å²) in [4.78, 5) is 22.1. The van der Waals surface area contributed by atoms with Crippen LogP contribution < -0.4 is 5.43 Å².